The predicted octanol–water partition coefficient (Wildman–Crippen LogP) is 3.66. The summed E-state index contributed by atoms with van der Waals surface area (Å²) in [4.78, 5) is 16.5. The summed E-state index contributed by atoms with van der Waals surface area (Å²) in [5.74, 6) is 0.446. The van der Waals surface area contributed by atoms with E-state index < -0.39 is 0 Å². The predicted molar refractivity (Wildman–Crippen MR) is 98.4 cm³/mol. The van der Waals surface area contributed by atoms with Crippen molar-refractivity contribution in [2.45, 2.75) is 31.1 Å². The van der Waals surface area contributed by atoms with E-state index in [4.69, 9.17) is 4.52 Å². The van der Waals surface area contributed by atoms with Crippen LogP contribution in [0.4, 0.5) is 4.39 Å². The van der Waals surface area contributed by atoms with E-state index in [1.165, 1.54) is 17.7 Å². The number of nitrogens with one attached hydrogen (secondary N) is 1. The lowest BCUT2D eigenvalue weighted by Gasteiger charge is -2.16. The van der Waals surface area contributed by atoms with Crippen molar-refractivity contribution in [3.05, 3.63) is 71.9 Å². The Labute approximate surface area is 156 Å². The van der Waals surface area contributed by atoms with Gasteiger partial charge in [-0.2, -0.15) is 4.98 Å². The zero-order valence-corrected chi connectivity index (χ0v) is 14.8. The van der Waals surface area contributed by atoms with Crippen molar-refractivity contribution in [2.24, 2.45) is 0 Å². The summed E-state index contributed by atoms with van der Waals surface area (Å²) in [6, 6.07) is 16.2. The molecule has 3 aromatic rings. The Morgan fingerprint density at radius 3 is 2.56 bits per heavy atom. The zero-order valence-electron chi connectivity index (χ0n) is 14.8. The van der Waals surface area contributed by atoms with E-state index >= 15 is 0 Å². The van der Waals surface area contributed by atoms with Crippen LogP contribution in [0.1, 0.15) is 30.7 Å². The standard InChI is InChI=1S/C21H20FN3O2/c22-17-8-6-15(7-9-17)20-24-19(27-25-20)11-10-18(26)23-14-21(12-13-21)16-4-2-1-3-5-16/h1-9H,10-14H2,(H,23,26). The molecule has 0 unspecified atom stereocenters. The van der Waals surface area contributed by atoms with E-state index in [0.717, 1.165) is 12.8 Å². The van der Waals surface area contributed by atoms with Crippen LogP contribution in [0, 0.1) is 5.82 Å². The van der Waals surface area contributed by atoms with Crippen LogP contribution in [-0.4, -0.2) is 22.6 Å². The number of halogens is 1. The summed E-state index contributed by atoms with van der Waals surface area (Å²) in [7, 11) is 0. The van der Waals surface area contributed by atoms with Gasteiger partial charge in [0, 0.05) is 30.4 Å². The topological polar surface area (TPSA) is 68.0 Å². The summed E-state index contributed by atoms with van der Waals surface area (Å²) in [5.41, 5.74) is 2.05. The average Bonchev–Trinajstić information content (AvgIpc) is 3.35. The molecule has 1 amide bonds. The van der Waals surface area contributed by atoms with Gasteiger partial charge >= 0.3 is 0 Å². The molecule has 1 fully saturated rings. The first kappa shape index (κ1) is 17.4. The average molecular weight is 365 g/mol. The second-order valence-electron chi connectivity index (χ2n) is 6.94. The van der Waals surface area contributed by atoms with Gasteiger partial charge in [0.05, 0.1) is 0 Å². The number of hydrogen-bond acceptors (Lipinski definition) is 4. The summed E-state index contributed by atoms with van der Waals surface area (Å²) >= 11 is 0. The third-order valence-corrected chi connectivity index (χ3v) is 5.00. The molecule has 1 aliphatic rings. The van der Waals surface area contributed by atoms with Crippen LogP contribution >= 0.6 is 0 Å². The molecule has 4 rings (SSSR count). The van der Waals surface area contributed by atoms with Crippen molar-refractivity contribution in [2.75, 3.05) is 6.54 Å². The lowest BCUT2D eigenvalue weighted by Crippen LogP contribution is -2.32. The van der Waals surface area contributed by atoms with Gasteiger partial charge in [-0.15, -0.1) is 0 Å². The third-order valence-electron chi connectivity index (χ3n) is 5.00. The van der Waals surface area contributed by atoms with Crippen LogP contribution in [0.5, 0.6) is 0 Å². The molecule has 138 valence electrons. The summed E-state index contributed by atoms with van der Waals surface area (Å²) in [6.45, 7) is 0.653. The van der Waals surface area contributed by atoms with Gasteiger partial charge in [-0.05, 0) is 42.7 Å². The van der Waals surface area contributed by atoms with Crippen LogP contribution in [0.3, 0.4) is 0 Å². The van der Waals surface area contributed by atoms with E-state index in [1.54, 1.807) is 12.1 Å². The number of amides is 1. The highest BCUT2D eigenvalue weighted by molar-refractivity contribution is 5.76. The first-order chi connectivity index (χ1) is 13.1. The molecule has 0 aliphatic heterocycles. The van der Waals surface area contributed by atoms with Gasteiger partial charge in [0.1, 0.15) is 5.82 Å². The molecule has 1 saturated carbocycles. The Morgan fingerprint density at radius 1 is 1.11 bits per heavy atom. The summed E-state index contributed by atoms with van der Waals surface area (Å²) in [5, 5.41) is 6.92. The van der Waals surface area contributed by atoms with Crippen molar-refractivity contribution < 1.29 is 13.7 Å². The molecule has 0 saturated heterocycles. The van der Waals surface area contributed by atoms with Gasteiger partial charge in [0.25, 0.3) is 0 Å². The van der Waals surface area contributed by atoms with Crippen LogP contribution in [0.2, 0.25) is 0 Å². The number of benzene rings is 2. The molecule has 1 aliphatic carbocycles. The first-order valence-corrected chi connectivity index (χ1v) is 9.05. The maximum absolute atomic E-state index is 13.0. The minimum Gasteiger partial charge on any atom is -0.355 e. The molecule has 1 aromatic heterocycles. The number of aryl methyl sites for hydroxylation is 1. The monoisotopic (exact) mass is 365 g/mol. The van der Waals surface area contributed by atoms with Crippen LogP contribution < -0.4 is 5.32 Å². The molecule has 0 bridgehead atoms. The van der Waals surface area contributed by atoms with Crippen molar-refractivity contribution in [3.8, 4) is 11.4 Å². The largest absolute Gasteiger partial charge is 0.355 e. The minimum atomic E-state index is -0.317. The number of hydrogen-bond donors (Lipinski definition) is 1. The van der Waals surface area contributed by atoms with Crippen molar-refractivity contribution in [1.82, 2.24) is 15.5 Å². The SMILES string of the molecule is O=C(CCc1nc(-c2ccc(F)cc2)no1)NCC1(c2ccccc2)CC1. The number of aromatic nitrogens is 2. The van der Waals surface area contributed by atoms with E-state index in [9.17, 15) is 9.18 Å². The normalized spacial score (nSPS) is 14.7. The molecule has 5 nitrogen and oxygen atoms in total. The molecular formula is C21H20FN3O2. The summed E-state index contributed by atoms with van der Waals surface area (Å²) < 4.78 is 18.2. The van der Waals surface area contributed by atoms with Crippen molar-refractivity contribution in [3.63, 3.8) is 0 Å². The molecule has 0 spiro atoms. The zero-order chi connectivity index (χ0) is 18.7. The molecule has 27 heavy (non-hydrogen) atoms. The second kappa shape index (κ2) is 7.31. The lowest BCUT2D eigenvalue weighted by atomic mass is 9.96. The molecular weight excluding hydrogens is 345 g/mol. The lowest BCUT2D eigenvalue weighted by molar-refractivity contribution is -0.121. The van der Waals surface area contributed by atoms with Gasteiger partial charge < -0.3 is 9.84 Å². The van der Waals surface area contributed by atoms with E-state index in [2.05, 4.69) is 27.6 Å². The fraction of sp³-hybridized carbons (Fsp3) is 0.286. The molecule has 1 heterocycles. The van der Waals surface area contributed by atoms with Gasteiger partial charge in [-0.3, -0.25) is 4.79 Å². The summed E-state index contributed by atoms with van der Waals surface area (Å²) in [6.07, 6.45) is 2.86. The molecule has 6 heteroatoms. The highest BCUT2D eigenvalue weighted by Crippen LogP contribution is 2.47. The number of carbonyl (C=O) groups excluding carboxylic acids is 1. The number of nitrogens with zero attached hydrogens (tertiary/aromatic N) is 2. The van der Waals surface area contributed by atoms with Gasteiger partial charge in [0.15, 0.2) is 0 Å². The van der Waals surface area contributed by atoms with Gasteiger partial charge in [0.2, 0.25) is 17.6 Å². The van der Waals surface area contributed by atoms with Gasteiger partial charge in [-0.1, -0.05) is 35.5 Å². The fourth-order valence-electron chi connectivity index (χ4n) is 3.16. The highest BCUT2D eigenvalue weighted by Gasteiger charge is 2.44. The van der Waals surface area contributed by atoms with Gasteiger partial charge in [-0.25, -0.2) is 4.39 Å². The Kier molecular flexibility index (Phi) is 4.71. The Bertz CT molecular complexity index is 918. The van der Waals surface area contributed by atoms with Crippen molar-refractivity contribution in [1.29, 1.82) is 0 Å². The Morgan fingerprint density at radius 2 is 1.85 bits per heavy atom. The smallest absolute Gasteiger partial charge is 0.227 e. The highest BCUT2D eigenvalue weighted by atomic mass is 19.1. The Hall–Kier alpha value is -3.02. The Balaban J connectivity index is 1.28. The molecule has 1 N–H and O–H groups in total. The number of rotatable bonds is 7. The van der Waals surface area contributed by atoms with Crippen LogP contribution in [0.25, 0.3) is 11.4 Å². The van der Waals surface area contributed by atoms with Crippen molar-refractivity contribution >= 4 is 5.91 Å². The van der Waals surface area contributed by atoms with E-state index in [-0.39, 0.29) is 23.6 Å². The first-order valence-electron chi connectivity index (χ1n) is 9.05. The quantitative estimate of drug-likeness (QED) is 0.694. The maximum atomic E-state index is 13.0. The van der Waals surface area contributed by atoms with E-state index in [0.29, 0.717) is 30.2 Å². The van der Waals surface area contributed by atoms with Crippen LogP contribution in [0.15, 0.2) is 59.1 Å². The number of carbonyl (C=O) groups is 1. The fourth-order valence-corrected chi connectivity index (χ4v) is 3.16. The van der Waals surface area contributed by atoms with Crippen LogP contribution in [-0.2, 0) is 16.6 Å². The van der Waals surface area contributed by atoms with E-state index in [1.807, 2.05) is 18.2 Å². The second-order valence-corrected chi connectivity index (χ2v) is 6.94. The minimum absolute atomic E-state index is 0.0289. The maximum Gasteiger partial charge on any atom is 0.227 e. The molecule has 0 radical (unpaired) electrons. The third kappa shape index (κ3) is 4.05. The molecule has 2 aromatic carbocycles. The molecule has 0 atom stereocenters.